The maximum absolute atomic E-state index is 12.3. The average molecular weight is 311 g/mol. The molecule has 0 radical (unpaired) electrons. The average Bonchev–Trinajstić information content (AvgIpc) is 2.87. The summed E-state index contributed by atoms with van der Waals surface area (Å²) < 4.78 is 32.1. The van der Waals surface area contributed by atoms with E-state index < -0.39 is 16.6 Å². The number of benzene rings is 1. The lowest BCUT2D eigenvalue weighted by Crippen LogP contribution is -2.25. The topological polar surface area (TPSA) is 104 Å². The predicted molar refractivity (Wildman–Crippen MR) is 76.3 cm³/mol. The summed E-state index contributed by atoms with van der Waals surface area (Å²) in [5.74, 6) is 0.598. The summed E-state index contributed by atoms with van der Waals surface area (Å²) in [4.78, 5) is 0. The fourth-order valence-electron chi connectivity index (χ4n) is 1.93. The molecule has 7 nitrogen and oxygen atoms in total. The van der Waals surface area contributed by atoms with E-state index in [1.54, 1.807) is 31.2 Å². The third-order valence-electron chi connectivity index (χ3n) is 3.09. The Morgan fingerprint density at radius 2 is 2.10 bits per heavy atom. The minimum absolute atomic E-state index is 0.0725. The van der Waals surface area contributed by atoms with Gasteiger partial charge in [-0.05, 0) is 13.0 Å². The van der Waals surface area contributed by atoms with E-state index in [0.717, 1.165) is 0 Å². The fraction of sp³-hybridized carbons (Fsp3) is 0.308. The summed E-state index contributed by atoms with van der Waals surface area (Å²) in [7, 11) is -2.29. The van der Waals surface area contributed by atoms with Crippen LogP contribution in [-0.4, -0.2) is 30.8 Å². The van der Waals surface area contributed by atoms with Gasteiger partial charge in [-0.3, -0.25) is 5.10 Å². The molecule has 8 heteroatoms. The molecule has 0 aliphatic heterocycles. The zero-order valence-electron chi connectivity index (χ0n) is 11.8. The first-order chi connectivity index (χ1) is 9.99. The number of aliphatic hydroxyl groups is 1. The molecule has 0 unspecified atom stereocenters. The molecular formula is C13H17N3O4S. The van der Waals surface area contributed by atoms with Crippen LogP contribution in [0.5, 0.6) is 5.75 Å². The summed E-state index contributed by atoms with van der Waals surface area (Å²) in [6.45, 7) is 1.33. The number of rotatable bonds is 6. The van der Waals surface area contributed by atoms with Crippen LogP contribution in [0.4, 0.5) is 0 Å². The van der Waals surface area contributed by atoms with Gasteiger partial charge < -0.3 is 9.84 Å². The van der Waals surface area contributed by atoms with Crippen LogP contribution in [0, 0.1) is 6.92 Å². The van der Waals surface area contributed by atoms with Crippen LogP contribution in [0.15, 0.2) is 29.3 Å². The third kappa shape index (κ3) is 3.23. The van der Waals surface area contributed by atoms with Crippen molar-refractivity contribution >= 4 is 10.0 Å². The normalized spacial score (nSPS) is 11.6. The maximum Gasteiger partial charge on any atom is 0.260 e. The largest absolute Gasteiger partial charge is 0.496 e. The highest BCUT2D eigenvalue weighted by Gasteiger charge is 2.23. The van der Waals surface area contributed by atoms with E-state index in [1.165, 1.54) is 7.11 Å². The lowest BCUT2D eigenvalue weighted by Gasteiger charge is -2.09. The molecule has 3 N–H and O–H groups in total. The van der Waals surface area contributed by atoms with Crippen molar-refractivity contribution < 1.29 is 18.3 Å². The maximum atomic E-state index is 12.3. The quantitative estimate of drug-likeness (QED) is 0.728. The molecule has 114 valence electrons. The van der Waals surface area contributed by atoms with E-state index in [4.69, 9.17) is 4.74 Å². The Balaban J connectivity index is 2.22. The number of hydrogen-bond donors (Lipinski definition) is 3. The van der Waals surface area contributed by atoms with Crippen LogP contribution < -0.4 is 9.46 Å². The Bertz CT molecular complexity index is 725. The van der Waals surface area contributed by atoms with Crippen LogP contribution >= 0.6 is 0 Å². The Labute approximate surface area is 123 Å². The van der Waals surface area contributed by atoms with Gasteiger partial charge in [0.2, 0.25) is 0 Å². The molecule has 0 atom stereocenters. The minimum Gasteiger partial charge on any atom is -0.496 e. The molecule has 1 aromatic carbocycles. The SMILES string of the molecule is COc1ccccc1CNS(=O)(=O)c1n[nH]c(C)c1CO. The van der Waals surface area contributed by atoms with Gasteiger partial charge in [0.15, 0.2) is 5.03 Å². The summed E-state index contributed by atoms with van der Waals surface area (Å²) >= 11 is 0. The summed E-state index contributed by atoms with van der Waals surface area (Å²) in [5.41, 5.74) is 1.50. The second kappa shape index (κ2) is 6.25. The second-order valence-electron chi connectivity index (χ2n) is 4.43. The summed E-state index contributed by atoms with van der Waals surface area (Å²) in [6, 6.07) is 7.12. The first-order valence-electron chi connectivity index (χ1n) is 6.26. The molecule has 0 aliphatic carbocycles. The molecule has 0 aliphatic rings. The van der Waals surface area contributed by atoms with E-state index in [9.17, 15) is 13.5 Å². The Morgan fingerprint density at radius 3 is 2.76 bits per heavy atom. The highest BCUT2D eigenvalue weighted by Crippen LogP contribution is 2.19. The van der Waals surface area contributed by atoms with Crippen molar-refractivity contribution in [2.75, 3.05) is 7.11 Å². The van der Waals surface area contributed by atoms with Gasteiger partial charge in [0.1, 0.15) is 5.75 Å². The van der Waals surface area contributed by atoms with E-state index in [2.05, 4.69) is 14.9 Å². The number of methoxy groups -OCH3 is 1. The lowest BCUT2D eigenvalue weighted by molar-refractivity contribution is 0.277. The number of nitrogens with one attached hydrogen (secondary N) is 2. The van der Waals surface area contributed by atoms with Gasteiger partial charge in [-0.1, -0.05) is 18.2 Å². The number of hydrogen-bond acceptors (Lipinski definition) is 5. The number of nitrogens with zero attached hydrogens (tertiary/aromatic N) is 1. The van der Waals surface area contributed by atoms with Crippen molar-refractivity contribution in [2.45, 2.75) is 25.1 Å². The number of para-hydroxylation sites is 1. The van der Waals surface area contributed by atoms with Gasteiger partial charge >= 0.3 is 0 Å². The zero-order chi connectivity index (χ0) is 15.5. The van der Waals surface area contributed by atoms with Crippen molar-refractivity contribution in [3.05, 3.63) is 41.1 Å². The van der Waals surface area contributed by atoms with Crippen molar-refractivity contribution in [2.24, 2.45) is 0 Å². The summed E-state index contributed by atoms with van der Waals surface area (Å²) in [6.07, 6.45) is 0. The van der Waals surface area contributed by atoms with Crippen molar-refractivity contribution in [3.8, 4) is 5.75 Å². The van der Waals surface area contributed by atoms with E-state index in [1.807, 2.05) is 0 Å². The van der Waals surface area contributed by atoms with Gasteiger partial charge in [0.25, 0.3) is 10.0 Å². The molecule has 0 bridgehead atoms. The number of aromatic amines is 1. The zero-order valence-corrected chi connectivity index (χ0v) is 12.6. The second-order valence-corrected chi connectivity index (χ2v) is 6.11. The molecular weight excluding hydrogens is 294 g/mol. The van der Waals surface area contributed by atoms with Gasteiger partial charge in [-0.25, -0.2) is 13.1 Å². The monoisotopic (exact) mass is 311 g/mol. The lowest BCUT2D eigenvalue weighted by atomic mass is 10.2. The van der Waals surface area contributed by atoms with Crippen molar-refractivity contribution in [1.29, 1.82) is 0 Å². The Kier molecular flexibility index (Phi) is 4.61. The Hall–Kier alpha value is -1.90. The molecule has 0 spiro atoms. The third-order valence-corrected chi connectivity index (χ3v) is 4.46. The number of sulfonamides is 1. The molecule has 2 aromatic rings. The number of H-pyrrole nitrogens is 1. The molecule has 0 saturated heterocycles. The van der Waals surface area contributed by atoms with E-state index >= 15 is 0 Å². The summed E-state index contributed by atoms with van der Waals surface area (Å²) in [5, 5.41) is 15.4. The fourth-order valence-corrected chi connectivity index (χ4v) is 3.12. The van der Waals surface area contributed by atoms with Crippen LogP contribution in [0.3, 0.4) is 0 Å². The first-order valence-corrected chi connectivity index (χ1v) is 7.74. The minimum atomic E-state index is -3.81. The van der Waals surface area contributed by atoms with Gasteiger partial charge in [-0.15, -0.1) is 0 Å². The standard InChI is InChI=1S/C13H17N3O4S/c1-9-11(8-17)13(16-15-9)21(18,19)14-7-10-5-3-4-6-12(10)20-2/h3-6,14,17H,7-8H2,1-2H3,(H,15,16). The molecule has 1 heterocycles. The molecule has 1 aromatic heterocycles. The van der Waals surface area contributed by atoms with Gasteiger partial charge in [0, 0.05) is 23.4 Å². The number of aliphatic hydroxyl groups excluding tert-OH is 1. The van der Waals surface area contributed by atoms with Crippen molar-refractivity contribution in [1.82, 2.24) is 14.9 Å². The van der Waals surface area contributed by atoms with Gasteiger partial charge in [0.05, 0.1) is 13.7 Å². The molecule has 0 fully saturated rings. The number of aromatic nitrogens is 2. The molecule has 2 rings (SSSR count). The van der Waals surface area contributed by atoms with Gasteiger partial charge in [-0.2, -0.15) is 5.10 Å². The highest BCUT2D eigenvalue weighted by molar-refractivity contribution is 7.89. The van der Waals surface area contributed by atoms with Crippen LogP contribution in [-0.2, 0) is 23.2 Å². The van der Waals surface area contributed by atoms with Crippen LogP contribution in [0.2, 0.25) is 0 Å². The van der Waals surface area contributed by atoms with E-state index in [0.29, 0.717) is 17.0 Å². The van der Waals surface area contributed by atoms with Crippen LogP contribution in [0.25, 0.3) is 0 Å². The Morgan fingerprint density at radius 1 is 1.38 bits per heavy atom. The van der Waals surface area contributed by atoms with E-state index in [-0.39, 0.29) is 17.1 Å². The molecule has 0 saturated carbocycles. The molecule has 0 amide bonds. The number of ether oxygens (including phenoxy) is 1. The predicted octanol–water partition coefficient (Wildman–Crippen LogP) is 0.698. The first kappa shape index (κ1) is 15.5. The highest BCUT2D eigenvalue weighted by atomic mass is 32.2. The van der Waals surface area contributed by atoms with Crippen molar-refractivity contribution in [3.63, 3.8) is 0 Å². The molecule has 21 heavy (non-hydrogen) atoms. The smallest absolute Gasteiger partial charge is 0.260 e. The number of aryl methyl sites for hydroxylation is 1. The van der Waals surface area contributed by atoms with Crippen LogP contribution in [0.1, 0.15) is 16.8 Å².